The van der Waals surface area contributed by atoms with E-state index >= 15 is 0 Å². The number of hydrogen-bond acceptors (Lipinski definition) is 8. The molecular formula is C22H19N5O4S2. The van der Waals surface area contributed by atoms with Gasteiger partial charge in [0, 0.05) is 25.0 Å². The fourth-order valence-corrected chi connectivity index (χ4v) is 4.55. The summed E-state index contributed by atoms with van der Waals surface area (Å²) in [7, 11) is 3.03. The molecule has 0 atom stereocenters. The molecule has 4 aromatic rings. The average Bonchev–Trinajstić information content (AvgIpc) is 3.22. The molecule has 0 aliphatic heterocycles. The van der Waals surface area contributed by atoms with Gasteiger partial charge in [0.1, 0.15) is 11.3 Å². The van der Waals surface area contributed by atoms with Gasteiger partial charge in [0.05, 0.1) is 23.1 Å². The lowest BCUT2D eigenvalue weighted by atomic mass is 10.2. The third kappa shape index (κ3) is 5.21. The van der Waals surface area contributed by atoms with E-state index in [0.717, 1.165) is 22.0 Å². The third-order valence-electron chi connectivity index (χ3n) is 4.57. The predicted octanol–water partition coefficient (Wildman–Crippen LogP) is 3.38. The zero-order valence-electron chi connectivity index (χ0n) is 17.7. The molecule has 0 aliphatic carbocycles. The molecule has 2 N–H and O–H groups in total. The van der Waals surface area contributed by atoms with Gasteiger partial charge in [-0.2, -0.15) is 0 Å². The van der Waals surface area contributed by atoms with Gasteiger partial charge in [-0.3, -0.25) is 19.0 Å². The smallest absolute Gasteiger partial charge is 0.266 e. The van der Waals surface area contributed by atoms with Gasteiger partial charge in [-0.1, -0.05) is 41.3 Å². The van der Waals surface area contributed by atoms with Crippen LogP contribution in [0.2, 0.25) is 0 Å². The number of nitrogens with zero attached hydrogens (tertiary/aromatic N) is 3. The van der Waals surface area contributed by atoms with Crippen LogP contribution in [-0.2, 0) is 11.8 Å². The van der Waals surface area contributed by atoms with Crippen molar-refractivity contribution >= 4 is 55.9 Å². The second-order valence-electron chi connectivity index (χ2n) is 6.83. The molecule has 0 aliphatic rings. The van der Waals surface area contributed by atoms with Crippen LogP contribution < -0.4 is 20.9 Å². The standard InChI is InChI=1S/C22H19N5O4S2/c1-27-20(30)15(19(29)24-13-6-5-7-14(10-13)31-2)11-23-22(27)32-12-18(28)26-21-25-16-8-3-4-9-17(16)33-21/h3-11H,12H2,1-2H3,(H,24,29)(H,25,26,28). The molecule has 0 bridgehead atoms. The number of anilines is 2. The molecule has 168 valence electrons. The number of methoxy groups -OCH3 is 1. The highest BCUT2D eigenvalue weighted by Gasteiger charge is 2.16. The van der Waals surface area contributed by atoms with E-state index in [-0.39, 0.29) is 17.2 Å². The maximum atomic E-state index is 12.7. The van der Waals surface area contributed by atoms with Crippen LogP contribution >= 0.6 is 23.1 Å². The number of fused-ring (bicyclic) bond motifs is 1. The molecule has 2 aromatic carbocycles. The van der Waals surface area contributed by atoms with Crippen molar-refractivity contribution in [3.05, 3.63) is 70.6 Å². The summed E-state index contributed by atoms with van der Waals surface area (Å²) in [5.41, 5.74) is 0.687. The number of nitrogens with one attached hydrogen (secondary N) is 2. The second-order valence-corrected chi connectivity index (χ2v) is 8.80. The van der Waals surface area contributed by atoms with Crippen molar-refractivity contribution in [3.8, 4) is 5.75 Å². The van der Waals surface area contributed by atoms with Gasteiger partial charge in [0.2, 0.25) is 5.91 Å². The number of thioether (sulfide) groups is 1. The van der Waals surface area contributed by atoms with Gasteiger partial charge in [-0.25, -0.2) is 9.97 Å². The summed E-state index contributed by atoms with van der Waals surface area (Å²) in [6, 6.07) is 14.4. The first-order chi connectivity index (χ1) is 15.9. The van der Waals surface area contributed by atoms with Crippen molar-refractivity contribution in [1.82, 2.24) is 14.5 Å². The molecule has 4 rings (SSSR count). The number of thiazole rings is 1. The minimum Gasteiger partial charge on any atom is -0.497 e. The molecule has 2 amide bonds. The summed E-state index contributed by atoms with van der Waals surface area (Å²) < 4.78 is 7.36. The lowest BCUT2D eigenvalue weighted by Gasteiger charge is -2.10. The third-order valence-corrected chi connectivity index (χ3v) is 6.57. The Morgan fingerprint density at radius 2 is 1.97 bits per heavy atom. The molecule has 2 aromatic heterocycles. The van der Waals surface area contributed by atoms with Crippen LogP contribution in [0.25, 0.3) is 10.2 Å². The number of amides is 2. The Hall–Kier alpha value is -3.70. The number of hydrogen-bond donors (Lipinski definition) is 2. The first-order valence-corrected chi connectivity index (χ1v) is 11.5. The molecule has 0 unspecified atom stereocenters. The summed E-state index contributed by atoms with van der Waals surface area (Å²) in [6.45, 7) is 0. The van der Waals surface area contributed by atoms with Crippen LogP contribution in [0.3, 0.4) is 0 Å². The lowest BCUT2D eigenvalue weighted by molar-refractivity contribution is -0.113. The second kappa shape index (κ2) is 9.84. The van der Waals surface area contributed by atoms with E-state index in [2.05, 4.69) is 20.6 Å². The predicted molar refractivity (Wildman–Crippen MR) is 129 cm³/mol. The van der Waals surface area contributed by atoms with E-state index in [9.17, 15) is 14.4 Å². The molecule has 0 fully saturated rings. The quantitative estimate of drug-likeness (QED) is 0.307. The molecule has 0 radical (unpaired) electrons. The van der Waals surface area contributed by atoms with Crippen LogP contribution in [0.1, 0.15) is 10.4 Å². The molecule has 9 nitrogen and oxygen atoms in total. The van der Waals surface area contributed by atoms with Crippen molar-refractivity contribution in [1.29, 1.82) is 0 Å². The van der Waals surface area contributed by atoms with E-state index < -0.39 is 11.5 Å². The van der Waals surface area contributed by atoms with Crippen molar-refractivity contribution in [2.45, 2.75) is 5.16 Å². The SMILES string of the molecule is COc1cccc(NC(=O)c2cnc(SCC(=O)Nc3nc4ccccc4s3)n(C)c2=O)c1. The topological polar surface area (TPSA) is 115 Å². The van der Waals surface area contributed by atoms with Gasteiger partial charge in [-0.15, -0.1) is 0 Å². The fraction of sp³-hybridized carbons (Fsp3) is 0.136. The Bertz CT molecular complexity index is 1370. The van der Waals surface area contributed by atoms with Crippen LogP contribution in [-0.4, -0.2) is 39.2 Å². The maximum Gasteiger partial charge on any atom is 0.266 e. The molecule has 2 heterocycles. The average molecular weight is 482 g/mol. The number of carbonyl (C=O) groups is 2. The number of ether oxygens (including phenoxy) is 1. The lowest BCUT2D eigenvalue weighted by Crippen LogP contribution is -2.29. The van der Waals surface area contributed by atoms with Gasteiger partial charge in [0.25, 0.3) is 11.5 Å². The summed E-state index contributed by atoms with van der Waals surface area (Å²) in [5, 5.41) is 6.24. The largest absolute Gasteiger partial charge is 0.497 e. The monoisotopic (exact) mass is 481 g/mol. The minimum absolute atomic E-state index is 0.0333. The summed E-state index contributed by atoms with van der Waals surface area (Å²) in [4.78, 5) is 46.2. The Kier molecular flexibility index (Phi) is 6.71. The Morgan fingerprint density at radius 3 is 2.76 bits per heavy atom. The summed E-state index contributed by atoms with van der Waals surface area (Å²) in [6.07, 6.45) is 1.21. The van der Waals surface area contributed by atoms with Crippen molar-refractivity contribution in [2.24, 2.45) is 7.05 Å². The van der Waals surface area contributed by atoms with Gasteiger partial charge >= 0.3 is 0 Å². The molecule has 0 saturated heterocycles. The summed E-state index contributed by atoms with van der Waals surface area (Å²) in [5.74, 6) is -0.240. The van der Waals surface area contributed by atoms with Crippen molar-refractivity contribution in [2.75, 3.05) is 23.5 Å². The zero-order chi connectivity index (χ0) is 23.4. The van der Waals surface area contributed by atoms with E-state index in [1.165, 1.54) is 36.3 Å². The van der Waals surface area contributed by atoms with Crippen LogP contribution in [0.5, 0.6) is 5.75 Å². The highest BCUT2D eigenvalue weighted by molar-refractivity contribution is 7.99. The number of carbonyl (C=O) groups excluding carboxylic acids is 2. The highest BCUT2D eigenvalue weighted by atomic mass is 32.2. The number of benzene rings is 2. The van der Waals surface area contributed by atoms with E-state index in [4.69, 9.17) is 4.74 Å². The molecule has 0 saturated carbocycles. The first-order valence-electron chi connectivity index (χ1n) is 9.74. The van der Waals surface area contributed by atoms with E-state index in [1.54, 1.807) is 24.3 Å². The van der Waals surface area contributed by atoms with Crippen LogP contribution in [0.4, 0.5) is 10.8 Å². The van der Waals surface area contributed by atoms with Gasteiger partial charge in [0.15, 0.2) is 10.3 Å². The van der Waals surface area contributed by atoms with Gasteiger partial charge < -0.3 is 15.4 Å². The van der Waals surface area contributed by atoms with E-state index in [0.29, 0.717) is 21.7 Å². The Balaban J connectivity index is 1.40. The molecule has 33 heavy (non-hydrogen) atoms. The van der Waals surface area contributed by atoms with Gasteiger partial charge in [-0.05, 0) is 24.3 Å². The molecule has 0 spiro atoms. The zero-order valence-corrected chi connectivity index (χ0v) is 19.3. The first kappa shape index (κ1) is 22.5. The number of rotatable bonds is 7. The number of aromatic nitrogens is 3. The highest BCUT2D eigenvalue weighted by Crippen LogP contribution is 2.25. The fourth-order valence-electron chi connectivity index (χ4n) is 2.93. The van der Waals surface area contributed by atoms with Crippen molar-refractivity contribution in [3.63, 3.8) is 0 Å². The normalized spacial score (nSPS) is 10.7. The van der Waals surface area contributed by atoms with Crippen molar-refractivity contribution < 1.29 is 14.3 Å². The van der Waals surface area contributed by atoms with Crippen LogP contribution in [0, 0.1) is 0 Å². The molecule has 11 heteroatoms. The maximum absolute atomic E-state index is 12.7. The Morgan fingerprint density at radius 1 is 1.15 bits per heavy atom. The molecular weight excluding hydrogens is 462 g/mol. The minimum atomic E-state index is -0.582. The van der Waals surface area contributed by atoms with Crippen LogP contribution in [0.15, 0.2) is 64.7 Å². The van der Waals surface area contributed by atoms with E-state index in [1.807, 2.05) is 24.3 Å². The Labute approximate surface area is 196 Å². The number of para-hydroxylation sites is 1. The summed E-state index contributed by atoms with van der Waals surface area (Å²) >= 11 is 2.48.